The number of rotatable bonds is 5. The van der Waals surface area contributed by atoms with Crippen molar-refractivity contribution in [3.8, 4) is 5.75 Å². The van der Waals surface area contributed by atoms with Crippen LogP contribution in [-0.4, -0.2) is 22.3 Å². The van der Waals surface area contributed by atoms with Crippen LogP contribution >= 0.6 is 23.2 Å². The van der Waals surface area contributed by atoms with Gasteiger partial charge in [-0.05, 0) is 29.8 Å². The fourth-order valence-electron chi connectivity index (χ4n) is 2.20. The molecule has 2 N–H and O–H groups in total. The predicted molar refractivity (Wildman–Crippen MR) is 98.2 cm³/mol. The zero-order chi connectivity index (χ0) is 17.8. The van der Waals surface area contributed by atoms with Crippen molar-refractivity contribution in [2.75, 3.05) is 12.4 Å². The number of anilines is 2. The van der Waals surface area contributed by atoms with E-state index in [2.05, 4.69) is 20.5 Å². The molecule has 0 unspecified atom stereocenters. The van der Waals surface area contributed by atoms with Crippen LogP contribution in [-0.2, 0) is 6.42 Å². The van der Waals surface area contributed by atoms with Crippen molar-refractivity contribution in [1.82, 2.24) is 15.2 Å². The van der Waals surface area contributed by atoms with Gasteiger partial charge < -0.3 is 10.1 Å². The van der Waals surface area contributed by atoms with Crippen molar-refractivity contribution in [1.29, 1.82) is 0 Å². The van der Waals surface area contributed by atoms with E-state index in [1.54, 1.807) is 25.3 Å². The smallest absolute Gasteiger partial charge is 0.274 e. The van der Waals surface area contributed by atoms with Crippen molar-refractivity contribution in [2.45, 2.75) is 6.42 Å². The van der Waals surface area contributed by atoms with Gasteiger partial charge in [-0.25, -0.2) is 0 Å². The lowest BCUT2D eigenvalue weighted by molar-refractivity contribution is 0.414. The third-order valence-electron chi connectivity index (χ3n) is 3.50. The topological polar surface area (TPSA) is 79.9 Å². The summed E-state index contributed by atoms with van der Waals surface area (Å²) >= 11 is 12.2. The molecule has 1 heterocycles. The van der Waals surface area contributed by atoms with Crippen LogP contribution in [0.2, 0.25) is 10.0 Å². The van der Waals surface area contributed by atoms with E-state index >= 15 is 0 Å². The highest BCUT2D eigenvalue weighted by Crippen LogP contribution is 2.31. The lowest BCUT2D eigenvalue weighted by atomic mass is 10.1. The van der Waals surface area contributed by atoms with E-state index in [9.17, 15) is 4.79 Å². The molecule has 25 heavy (non-hydrogen) atoms. The molecule has 3 rings (SSSR count). The monoisotopic (exact) mass is 376 g/mol. The minimum absolute atomic E-state index is 0.165. The number of methoxy groups -OCH3 is 1. The molecule has 8 heteroatoms. The van der Waals surface area contributed by atoms with Crippen LogP contribution in [0.3, 0.4) is 0 Å². The Balaban J connectivity index is 1.79. The molecule has 3 aromatic rings. The molecule has 0 aliphatic heterocycles. The Bertz CT molecular complexity index is 922. The molecule has 1 aromatic heterocycles. The zero-order valence-electron chi connectivity index (χ0n) is 13.2. The number of ether oxygens (including phenoxy) is 1. The molecular weight excluding hydrogens is 363 g/mol. The molecule has 0 atom stereocenters. The molecule has 2 aromatic carbocycles. The Morgan fingerprint density at radius 1 is 1.08 bits per heavy atom. The van der Waals surface area contributed by atoms with Gasteiger partial charge in [-0.3, -0.25) is 9.78 Å². The molecule has 0 spiro atoms. The van der Waals surface area contributed by atoms with Crippen LogP contribution in [0.25, 0.3) is 0 Å². The zero-order valence-corrected chi connectivity index (χ0v) is 14.7. The molecule has 0 radical (unpaired) electrons. The minimum atomic E-state index is -0.337. The van der Waals surface area contributed by atoms with Crippen LogP contribution in [0, 0.1) is 0 Å². The van der Waals surface area contributed by atoms with E-state index in [1.165, 1.54) is 0 Å². The van der Waals surface area contributed by atoms with Gasteiger partial charge in [0.1, 0.15) is 11.4 Å². The first-order chi connectivity index (χ1) is 12.1. The number of benzene rings is 2. The first kappa shape index (κ1) is 17.3. The molecule has 0 saturated carbocycles. The van der Waals surface area contributed by atoms with Crippen LogP contribution in [0.4, 0.5) is 11.6 Å². The van der Waals surface area contributed by atoms with Crippen LogP contribution in [0.1, 0.15) is 11.3 Å². The van der Waals surface area contributed by atoms with Gasteiger partial charge in [-0.15, -0.1) is 10.2 Å². The summed E-state index contributed by atoms with van der Waals surface area (Å²) in [7, 11) is 1.60. The quantitative estimate of drug-likeness (QED) is 0.707. The second-order valence-corrected chi connectivity index (χ2v) is 6.01. The number of hydrogen-bond donors (Lipinski definition) is 2. The first-order valence-corrected chi connectivity index (χ1v) is 8.12. The average Bonchev–Trinajstić information content (AvgIpc) is 2.61. The van der Waals surface area contributed by atoms with E-state index < -0.39 is 0 Å². The average molecular weight is 377 g/mol. The van der Waals surface area contributed by atoms with Gasteiger partial charge >= 0.3 is 0 Å². The Hall–Kier alpha value is -2.57. The van der Waals surface area contributed by atoms with Crippen molar-refractivity contribution in [3.05, 3.63) is 74.1 Å². The minimum Gasteiger partial charge on any atom is -0.497 e. The number of halogens is 2. The van der Waals surface area contributed by atoms with Crippen LogP contribution in [0.5, 0.6) is 5.75 Å². The summed E-state index contributed by atoms with van der Waals surface area (Å²) in [5, 5.41) is 11.7. The maximum absolute atomic E-state index is 12.2. The van der Waals surface area contributed by atoms with Gasteiger partial charge in [0, 0.05) is 6.42 Å². The molecular formula is C17H14Cl2N4O2. The Morgan fingerprint density at radius 3 is 2.36 bits per heavy atom. The largest absolute Gasteiger partial charge is 0.497 e. The summed E-state index contributed by atoms with van der Waals surface area (Å²) in [5.74, 6) is 0.915. The van der Waals surface area contributed by atoms with Gasteiger partial charge in [-0.1, -0.05) is 41.4 Å². The fourth-order valence-corrected chi connectivity index (χ4v) is 2.70. The summed E-state index contributed by atoms with van der Waals surface area (Å²) in [6, 6.07) is 12.5. The molecule has 0 bridgehead atoms. The highest BCUT2D eigenvalue weighted by molar-refractivity contribution is 6.39. The van der Waals surface area contributed by atoms with Crippen molar-refractivity contribution < 1.29 is 4.74 Å². The Kier molecular flexibility index (Phi) is 5.21. The predicted octanol–water partition coefficient (Wildman–Crippen LogP) is 3.81. The Labute approximate surface area is 153 Å². The SMILES string of the molecule is COc1ccc(Cc2nnc(Nc3c(Cl)cccc3Cl)[nH]c2=O)cc1. The second-order valence-electron chi connectivity index (χ2n) is 5.20. The lowest BCUT2D eigenvalue weighted by Crippen LogP contribution is -2.19. The lowest BCUT2D eigenvalue weighted by Gasteiger charge is -2.09. The summed E-state index contributed by atoms with van der Waals surface area (Å²) in [6.45, 7) is 0. The van der Waals surface area contributed by atoms with E-state index in [-0.39, 0.29) is 11.5 Å². The van der Waals surface area contributed by atoms with Crippen molar-refractivity contribution in [2.24, 2.45) is 0 Å². The number of H-pyrrole nitrogens is 1. The summed E-state index contributed by atoms with van der Waals surface area (Å²) in [6.07, 6.45) is 0.361. The maximum Gasteiger partial charge on any atom is 0.274 e. The van der Waals surface area contributed by atoms with Gasteiger partial charge in [0.25, 0.3) is 5.56 Å². The Morgan fingerprint density at radius 2 is 1.76 bits per heavy atom. The third-order valence-corrected chi connectivity index (χ3v) is 4.13. The molecule has 6 nitrogen and oxygen atoms in total. The number of hydrogen-bond acceptors (Lipinski definition) is 5. The molecule has 0 aliphatic rings. The highest BCUT2D eigenvalue weighted by atomic mass is 35.5. The number of para-hydroxylation sites is 1. The van der Waals surface area contributed by atoms with Crippen LogP contribution in [0.15, 0.2) is 47.3 Å². The number of aromatic amines is 1. The normalized spacial score (nSPS) is 10.5. The molecule has 0 amide bonds. The van der Waals surface area contributed by atoms with Crippen molar-refractivity contribution >= 4 is 34.8 Å². The standard InChI is InChI=1S/C17H14Cl2N4O2/c1-25-11-7-5-10(6-8-11)9-14-16(24)21-17(23-22-14)20-15-12(18)3-2-4-13(15)19/h2-8H,9H2,1H3,(H2,20,21,23,24). The molecule has 0 aliphatic carbocycles. The molecule has 0 saturated heterocycles. The number of nitrogens with one attached hydrogen (secondary N) is 2. The second kappa shape index (κ2) is 7.55. The van der Waals surface area contributed by atoms with E-state index in [0.29, 0.717) is 27.8 Å². The van der Waals surface area contributed by atoms with Gasteiger partial charge in [0.2, 0.25) is 5.95 Å². The summed E-state index contributed by atoms with van der Waals surface area (Å²) in [4.78, 5) is 14.9. The molecule has 128 valence electrons. The van der Waals surface area contributed by atoms with Gasteiger partial charge in [0.05, 0.1) is 22.8 Å². The van der Waals surface area contributed by atoms with E-state index in [4.69, 9.17) is 27.9 Å². The molecule has 0 fully saturated rings. The first-order valence-electron chi connectivity index (χ1n) is 7.36. The summed E-state index contributed by atoms with van der Waals surface area (Å²) < 4.78 is 5.11. The number of aromatic nitrogens is 3. The van der Waals surface area contributed by atoms with Gasteiger partial charge in [-0.2, -0.15) is 0 Å². The fraction of sp³-hybridized carbons (Fsp3) is 0.118. The number of nitrogens with zero attached hydrogens (tertiary/aromatic N) is 2. The van der Waals surface area contributed by atoms with Crippen molar-refractivity contribution in [3.63, 3.8) is 0 Å². The summed E-state index contributed by atoms with van der Waals surface area (Å²) in [5.41, 5.74) is 1.35. The third kappa shape index (κ3) is 4.10. The van der Waals surface area contributed by atoms with Gasteiger partial charge in [0.15, 0.2) is 0 Å². The van der Waals surface area contributed by atoms with E-state index in [0.717, 1.165) is 11.3 Å². The maximum atomic E-state index is 12.2. The highest BCUT2D eigenvalue weighted by Gasteiger charge is 2.10. The van der Waals surface area contributed by atoms with E-state index in [1.807, 2.05) is 24.3 Å². The van der Waals surface area contributed by atoms with Crippen LogP contribution < -0.4 is 15.6 Å².